The van der Waals surface area contributed by atoms with Crippen LogP contribution in [-0.2, 0) is 15.5 Å². The summed E-state index contributed by atoms with van der Waals surface area (Å²) in [6.07, 6.45) is 0. The second-order valence-electron chi connectivity index (χ2n) is 7.22. The van der Waals surface area contributed by atoms with Gasteiger partial charge in [-0.2, -0.15) is 18.9 Å². The molecule has 2 aromatic rings. The first kappa shape index (κ1) is 22.3. The zero-order valence-corrected chi connectivity index (χ0v) is 16.8. The van der Waals surface area contributed by atoms with Crippen LogP contribution in [0.1, 0.15) is 26.3 Å². The predicted molar refractivity (Wildman–Crippen MR) is 106 cm³/mol. The van der Waals surface area contributed by atoms with E-state index in [1.54, 1.807) is 0 Å². The molecule has 2 aromatic carbocycles. The molecule has 31 heavy (non-hydrogen) atoms. The number of nitrogens with one attached hydrogen (secondary N) is 1. The molecule has 0 spiro atoms. The average Bonchev–Trinajstić information content (AvgIpc) is 2.93. The van der Waals surface area contributed by atoms with E-state index in [1.807, 2.05) is 0 Å². The van der Waals surface area contributed by atoms with E-state index in [0.717, 1.165) is 18.0 Å². The van der Waals surface area contributed by atoms with E-state index in [9.17, 15) is 27.2 Å². The standard InChI is InChI=1S/C21H19F4N3O3/c1-12-20(2,17(29)26-14-6-4-5-13(11-14)21(3,24)25)18(30)28(27-12)15-7-9-16(10-8-15)31-19(22)23/h4-11,19H,1-3H3,(H,26,29)/t20-/m0/s1. The first-order chi connectivity index (χ1) is 14.4. The molecule has 0 aromatic heterocycles. The third-order valence-corrected chi connectivity index (χ3v) is 4.98. The normalized spacial score (nSPS) is 18.9. The highest BCUT2D eigenvalue weighted by molar-refractivity contribution is 6.32. The lowest BCUT2D eigenvalue weighted by Crippen LogP contribution is -2.46. The Balaban J connectivity index is 1.81. The van der Waals surface area contributed by atoms with Crippen LogP contribution in [0.5, 0.6) is 5.75 Å². The van der Waals surface area contributed by atoms with Gasteiger partial charge in [-0.1, -0.05) is 12.1 Å². The first-order valence-electron chi connectivity index (χ1n) is 9.18. The van der Waals surface area contributed by atoms with Crippen molar-refractivity contribution in [3.8, 4) is 5.75 Å². The van der Waals surface area contributed by atoms with Crippen LogP contribution in [0.15, 0.2) is 53.6 Å². The molecule has 0 fully saturated rings. The first-order valence-corrected chi connectivity index (χ1v) is 9.18. The number of hydrazone groups is 1. The van der Waals surface area contributed by atoms with Crippen LogP contribution in [-0.4, -0.2) is 24.1 Å². The predicted octanol–water partition coefficient (Wildman–Crippen LogP) is 4.77. The molecule has 1 heterocycles. The van der Waals surface area contributed by atoms with Crippen LogP contribution < -0.4 is 15.1 Å². The summed E-state index contributed by atoms with van der Waals surface area (Å²) in [6.45, 7) is 0.609. The fraction of sp³-hybridized carbons (Fsp3) is 0.286. The van der Waals surface area contributed by atoms with Crippen molar-refractivity contribution in [1.82, 2.24) is 0 Å². The van der Waals surface area contributed by atoms with Gasteiger partial charge in [0.1, 0.15) is 5.75 Å². The number of carbonyl (C=O) groups is 2. The van der Waals surface area contributed by atoms with Crippen LogP contribution >= 0.6 is 0 Å². The monoisotopic (exact) mass is 437 g/mol. The van der Waals surface area contributed by atoms with E-state index < -0.39 is 29.8 Å². The van der Waals surface area contributed by atoms with Gasteiger partial charge < -0.3 is 10.1 Å². The molecule has 3 rings (SSSR count). The Labute approximate surface area is 175 Å². The fourth-order valence-corrected chi connectivity index (χ4v) is 2.99. The van der Waals surface area contributed by atoms with Crippen molar-refractivity contribution < 1.29 is 31.9 Å². The van der Waals surface area contributed by atoms with Gasteiger partial charge in [0.25, 0.3) is 11.8 Å². The molecule has 0 aliphatic carbocycles. The minimum atomic E-state index is -3.10. The molecule has 0 unspecified atom stereocenters. The summed E-state index contributed by atoms with van der Waals surface area (Å²) < 4.78 is 56.0. The van der Waals surface area contributed by atoms with Gasteiger partial charge in [-0.25, -0.2) is 8.78 Å². The van der Waals surface area contributed by atoms with Crippen molar-refractivity contribution >= 4 is 28.9 Å². The molecule has 2 amide bonds. The molecular formula is C21H19F4N3O3. The van der Waals surface area contributed by atoms with Crippen LogP contribution in [0.4, 0.5) is 28.9 Å². The van der Waals surface area contributed by atoms with E-state index in [1.165, 1.54) is 56.3 Å². The molecule has 0 radical (unpaired) electrons. The Morgan fingerprint density at radius 2 is 1.84 bits per heavy atom. The van der Waals surface area contributed by atoms with Crippen molar-refractivity contribution in [2.75, 3.05) is 10.3 Å². The highest BCUT2D eigenvalue weighted by Crippen LogP contribution is 2.35. The van der Waals surface area contributed by atoms with Crippen LogP contribution in [0.25, 0.3) is 0 Å². The molecule has 0 bridgehead atoms. The lowest BCUT2D eigenvalue weighted by Gasteiger charge is -2.23. The van der Waals surface area contributed by atoms with E-state index in [4.69, 9.17) is 0 Å². The Kier molecular flexibility index (Phi) is 5.75. The fourth-order valence-electron chi connectivity index (χ4n) is 2.99. The zero-order chi connectivity index (χ0) is 23.0. The summed E-state index contributed by atoms with van der Waals surface area (Å²) in [5, 5.41) is 7.61. The molecule has 1 N–H and O–H groups in total. The number of amides is 2. The van der Waals surface area contributed by atoms with Crippen molar-refractivity contribution in [3.05, 3.63) is 54.1 Å². The summed E-state index contributed by atoms with van der Waals surface area (Å²) in [5.74, 6) is -4.61. The molecule has 1 aliphatic rings. The Morgan fingerprint density at radius 3 is 2.42 bits per heavy atom. The number of rotatable bonds is 6. The maximum absolute atomic E-state index is 13.6. The third kappa shape index (κ3) is 4.37. The van der Waals surface area contributed by atoms with Gasteiger partial charge in [0.2, 0.25) is 5.91 Å². The van der Waals surface area contributed by atoms with Crippen molar-refractivity contribution in [2.24, 2.45) is 10.5 Å². The third-order valence-electron chi connectivity index (χ3n) is 4.98. The summed E-state index contributed by atoms with van der Waals surface area (Å²) >= 11 is 0. The Morgan fingerprint density at radius 1 is 1.19 bits per heavy atom. The van der Waals surface area contributed by atoms with Crippen LogP contribution in [0.2, 0.25) is 0 Å². The number of halogens is 4. The van der Waals surface area contributed by atoms with Gasteiger partial charge in [0.05, 0.1) is 11.4 Å². The second kappa shape index (κ2) is 8.01. The molecule has 164 valence electrons. The zero-order valence-electron chi connectivity index (χ0n) is 16.8. The number of nitrogens with zero attached hydrogens (tertiary/aromatic N) is 2. The largest absolute Gasteiger partial charge is 0.435 e. The summed E-state index contributed by atoms with van der Waals surface area (Å²) in [7, 11) is 0. The number of ether oxygens (including phenoxy) is 1. The maximum Gasteiger partial charge on any atom is 0.387 e. The number of alkyl halides is 4. The topological polar surface area (TPSA) is 71.0 Å². The summed E-state index contributed by atoms with van der Waals surface area (Å²) in [6, 6.07) is 10.4. The lowest BCUT2D eigenvalue weighted by molar-refractivity contribution is -0.132. The number of benzene rings is 2. The van der Waals surface area contributed by atoms with Gasteiger partial charge in [0.15, 0.2) is 5.41 Å². The smallest absolute Gasteiger partial charge is 0.387 e. The van der Waals surface area contributed by atoms with Gasteiger partial charge in [-0.3, -0.25) is 9.59 Å². The van der Waals surface area contributed by atoms with E-state index >= 15 is 0 Å². The minimum Gasteiger partial charge on any atom is -0.435 e. The highest BCUT2D eigenvalue weighted by Gasteiger charge is 2.51. The van der Waals surface area contributed by atoms with Gasteiger partial charge in [-0.05, 0) is 50.2 Å². The summed E-state index contributed by atoms with van der Waals surface area (Å²) in [4.78, 5) is 26.0. The average molecular weight is 437 g/mol. The van der Waals surface area contributed by atoms with Crippen LogP contribution in [0, 0.1) is 5.41 Å². The number of hydrogen-bond donors (Lipinski definition) is 1. The molecule has 6 nitrogen and oxygen atoms in total. The molecule has 0 saturated carbocycles. The number of carbonyl (C=O) groups excluding carboxylic acids is 2. The molecule has 10 heteroatoms. The second-order valence-corrected chi connectivity index (χ2v) is 7.22. The Bertz CT molecular complexity index is 1030. The maximum atomic E-state index is 13.6. The minimum absolute atomic E-state index is 0.0980. The van der Waals surface area contributed by atoms with Crippen molar-refractivity contribution in [3.63, 3.8) is 0 Å². The van der Waals surface area contributed by atoms with Gasteiger partial charge in [-0.15, -0.1) is 0 Å². The lowest BCUT2D eigenvalue weighted by atomic mass is 9.84. The highest BCUT2D eigenvalue weighted by atomic mass is 19.3. The van der Waals surface area contributed by atoms with Crippen molar-refractivity contribution in [2.45, 2.75) is 33.3 Å². The number of anilines is 2. The van der Waals surface area contributed by atoms with Gasteiger partial charge in [0, 0.05) is 18.2 Å². The number of hydrogen-bond acceptors (Lipinski definition) is 4. The van der Waals surface area contributed by atoms with E-state index in [-0.39, 0.29) is 28.4 Å². The van der Waals surface area contributed by atoms with E-state index in [2.05, 4.69) is 15.2 Å². The van der Waals surface area contributed by atoms with Crippen molar-refractivity contribution in [1.29, 1.82) is 0 Å². The molecule has 1 aliphatic heterocycles. The Hall–Kier alpha value is -3.43. The molecule has 0 saturated heterocycles. The summed E-state index contributed by atoms with van der Waals surface area (Å²) in [5.41, 5.74) is -1.44. The van der Waals surface area contributed by atoms with E-state index in [0.29, 0.717) is 0 Å². The quantitative estimate of drug-likeness (QED) is 0.523. The SMILES string of the molecule is CC1=NN(c2ccc(OC(F)F)cc2)C(=O)[C@]1(C)C(=O)Nc1cccc(C(C)(F)F)c1. The molecular weight excluding hydrogens is 418 g/mol. The van der Waals surface area contributed by atoms with Gasteiger partial charge >= 0.3 is 6.61 Å². The molecule has 1 atom stereocenters. The van der Waals surface area contributed by atoms with Crippen LogP contribution in [0.3, 0.4) is 0 Å².